The Morgan fingerprint density at radius 3 is 2.88 bits per heavy atom. The Hall–Kier alpha value is -2.05. The summed E-state index contributed by atoms with van der Waals surface area (Å²) >= 11 is 7.39. The normalized spacial score (nSPS) is 13.5. The highest BCUT2D eigenvalue weighted by molar-refractivity contribution is 8.00. The van der Waals surface area contributed by atoms with E-state index in [0.717, 1.165) is 29.0 Å². The number of nitrogens with zero attached hydrogens (tertiary/aromatic N) is 2. The highest BCUT2D eigenvalue weighted by Gasteiger charge is 2.24. The van der Waals surface area contributed by atoms with Crippen LogP contribution in [0.2, 0.25) is 5.02 Å². The molecule has 24 heavy (non-hydrogen) atoms. The number of non-ortho nitro benzene ring substituents is 1. The summed E-state index contributed by atoms with van der Waals surface area (Å²) in [6.45, 7) is 0.639. The van der Waals surface area contributed by atoms with Crippen LogP contribution in [0.3, 0.4) is 0 Å². The van der Waals surface area contributed by atoms with Gasteiger partial charge in [-0.05, 0) is 42.7 Å². The quantitative estimate of drug-likeness (QED) is 0.461. The van der Waals surface area contributed by atoms with Gasteiger partial charge >= 0.3 is 0 Å². The first kappa shape index (κ1) is 16.8. The van der Waals surface area contributed by atoms with Crippen molar-refractivity contribution in [3.05, 3.63) is 63.2 Å². The van der Waals surface area contributed by atoms with Crippen molar-refractivity contribution < 1.29 is 9.72 Å². The summed E-state index contributed by atoms with van der Waals surface area (Å²) in [5.41, 5.74) is 1.71. The lowest BCUT2D eigenvalue weighted by Crippen LogP contribution is -2.36. The van der Waals surface area contributed by atoms with Crippen LogP contribution in [0, 0.1) is 10.1 Å². The fraction of sp³-hybridized carbons (Fsp3) is 0.235. The van der Waals surface area contributed by atoms with Crippen molar-refractivity contribution in [1.82, 2.24) is 0 Å². The van der Waals surface area contributed by atoms with Gasteiger partial charge in [-0.3, -0.25) is 14.9 Å². The molecule has 0 N–H and O–H groups in total. The van der Waals surface area contributed by atoms with Crippen molar-refractivity contribution in [2.24, 2.45) is 0 Å². The Kier molecular flexibility index (Phi) is 5.06. The maximum absolute atomic E-state index is 12.6. The van der Waals surface area contributed by atoms with Crippen LogP contribution >= 0.6 is 23.4 Å². The Morgan fingerprint density at radius 1 is 1.29 bits per heavy atom. The van der Waals surface area contributed by atoms with Crippen molar-refractivity contribution in [3.8, 4) is 0 Å². The highest BCUT2D eigenvalue weighted by atomic mass is 35.5. The molecule has 0 saturated heterocycles. The smallest absolute Gasteiger partial charge is 0.269 e. The molecule has 1 heterocycles. The van der Waals surface area contributed by atoms with Crippen LogP contribution in [0.1, 0.15) is 12.0 Å². The van der Waals surface area contributed by atoms with E-state index in [-0.39, 0.29) is 11.6 Å². The molecule has 0 radical (unpaired) electrons. The molecule has 0 fully saturated rings. The molecule has 0 atom stereocenters. The summed E-state index contributed by atoms with van der Waals surface area (Å²) in [5.74, 6) is 0.298. The second kappa shape index (κ2) is 7.23. The monoisotopic (exact) mass is 362 g/mol. The summed E-state index contributed by atoms with van der Waals surface area (Å²) in [4.78, 5) is 25.7. The molecule has 5 nitrogen and oxygen atoms in total. The summed E-state index contributed by atoms with van der Waals surface area (Å²) < 4.78 is 0. The minimum atomic E-state index is -0.407. The molecule has 0 bridgehead atoms. The standard InChI is InChI=1S/C17H15ClN2O3S/c18-13-4-1-5-15(10-13)24-11-17(21)19-8-2-3-12-9-14(20(22)23)6-7-16(12)19/h1,4-7,9-10H,2-3,8,11H2. The fourth-order valence-electron chi connectivity index (χ4n) is 2.74. The average molecular weight is 363 g/mol. The van der Waals surface area contributed by atoms with E-state index in [1.165, 1.54) is 17.8 Å². The van der Waals surface area contributed by atoms with Gasteiger partial charge in [0, 0.05) is 34.3 Å². The molecular weight excluding hydrogens is 348 g/mol. The minimum Gasteiger partial charge on any atom is -0.311 e. The average Bonchev–Trinajstić information content (AvgIpc) is 2.58. The van der Waals surface area contributed by atoms with Crippen LogP contribution in [0.25, 0.3) is 0 Å². The number of halogens is 1. The number of benzene rings is 2. The van der Waals surface area contributed by atoms with Crippen molar-refractivity contribution >= 4 is 40.6 Å². The molecule has 0 unspecified atom stereocenters. The topological polar surface area (TPSA) is 63.5 Å². The van der Waals surface area contributed by atoms with E-state index in [1.54, 1.807) is 23.1 Å². The fourth-order valence-corrected chi connectivity index (χ4v) is 3.82. The number of hydrogen-bond donors (Lipinski definition) is 0. The van der Waals surface area contributed by atoms with Gasteiger partial charge in [-0.25, -0.2) is 0 Å². The predicted molar refractivity (Wildman–Crippen MR) is 95.9 cm³/mol. The molecular formula is C17H15ClN2O3S. The first-order valence-corrected chi connectivity index (χ1v) is 8.87. The Labute approximate surface area is 148 Å². The van der Waals surface area contributed by atoms with Crippen molar-refractivity contribution in [2.75, 3.05) is 17.2 Å². The van der Waals surface area contributed by atoms with Crippen LogP contribution in [-0.4, -0.2) is 23.1 Å². The third kappa shape index (κ3) is 3.71. The van der Waals surface area contributed by atoms with Crippen molar-refractivity contribution in [3.63, 3.8) is 0 Å². The van der Waals surface area contributed by atoms with Crippen LogP contribution in [0.5, 0.6) is 0 Å². The number of nitro benzene ring substituents is 1. The van der Waals surface area contributed by atoms with E-state index >= 15 is 0 Å². The molecule has 2 aromatic carbocycles. The second-order valence-electron chi connectivity index (χ2n) is 5.47. The van der Waals surface area contributed by atoms with Gasteiger partial charge in [0.05, 0.1) is 10.7 Å². The van der Waals surface area contributed by atoms with Crippen LogP contribution in [-0.2, 0) is 11.2 Å². The Bertz CT molecular complexity index is 797. The van der Waals surface area contributed by atoms with E-state index in [1.807, 2.05) is 18.2 Å². The number of fused-ring (bicyclic) bond motifs is 1. The molecule has 0 spiro atoms. The maximum Gasteiger partial charge on any atom is 0.269 e. The molecule has 3 rings (SSSR count). The number of nitro groups is 1. The maximum atomic E-state index is 12.6. The molecule has 0 aliphatic carbocycles. The third-order valence-electron chi connectivity index (χ3n) is 3.85. The van der Waals surface area contributed by atoms with Crippen LogP contribution in [0.15, 0.2) is 47.4 Å². The summed E-state index contributed by atoms with van der Waals surface area (Å²) in [6, 6.07) is 12.1. The predicted octanol–water partition coefficient (Wildman–Crippen LogP) is 4.32. The van der Waals surface area contributed by atoms with E-state index in [2.05, 4.69) is 0 Å². The largest absolute Gasteiger partial charge is 0.311 e. The summed E-state index contributed by atoms with van der Waals surface area (Å²) in [6.07, 6.45) is 1.56. The zero-order valence-electron chi connectivity index (χ0n) is 12.8. The van der Waals surface area contributed by atoms with Crippen LogP contribution < -0.4 is 4.90 Å². The van der Waals surface area contributed by atoms with Gasteiger partial charge in [0.2, 0.25) is 5.91 Å². The van der Waals surface area contributed by atoms with Crippen LogP contribution in [0.4, 0.5) is 11.4 Å². The molecule has 1 aliphatic rings. The minimum absolute atomic E-state index is 0.00483. The van der Waals surface area contributed by atoms with Gasteiger partial charge in [-0.1, -0.05) is 17.7 Å². The van der Waals surface area contributed by atoms with E-state index in [9.17, 15) is 14.9 Å². The number of carbonyl (C=O) groups is 1. The Balaban J connectivity index is 1.74. The van der Waals surface area contributed by atoms with Gasteiger partial charge in [-0.15, -0.1) is 11.8 Å². The van der Waals surface area contributed by atoms with Gasteiger partial charge in [0.1, 0.15) is 0 Å². The number of carbonyl (C=O) groups excluding carboxylic acids is 1. The van der Waals surface area contributed by atoms with Gasteiger partial charge in [0.15, 0.2) is 0 Å². The van der Waals surface area contributed by atoms with Gasteiger partial charge in [0.25, 0.3) is 5.69 Å². The lowest BCUT2D eigenvalue weighted by Gasteiger charge is -2.29. The van der Waals surface area contributed by atoms with Gasteiger partial charge < -0.3 is 4.90 Å². The molecule has 1 aliphatic heterocycles. The lowest BCUT2D eigenvalue weighted by molar-refractivity contribution is -0.384. The number of rotatable bonds is 4. The molecule has 0 saturated carbocycles. The van der Waals surface area contributed by atoms with E-state index < -0.39 is 4.92 Å². The van der Waals surface area contributed by atoms with E-state index in [0.29, 0.717) is 17.3 Å². The number of amides is 1. The summed E-state index contributed by atoms with van der Waals surface area (Å²) in [5, 5.41) is 11.5. The SMILES string of the molecule is O=C(CSc1cccc(Cl)c1)N1CCCc2cc([N+](=O)[O-])ccc21. The number of aryl methyl sites for hydroxylation is 1. The highest BCUT2D eigenvalue weighted by Crippen LogP contribution is 2.31. The molecule has 7 heteroatoms. The van der Waals surface area contributed by atoms with Crippen molar-refractivity contribution in [2.45, 2.75) is 17.7 Å². The molecule has 0 aromatic heterocycles. The van der Waals surface area contributed by atoms with Crippen molar-refractivity contribution in [1.29, 1.82) is 0 Å². The molecule has 2 aromatic rings. The number of hydrogen-bond acceptors (Lipinski definition) is 4. The summed E-state index contributed by atoms with van der Waals surface area (Å²) in [7, 11) is 0. The Morgan fingerprint density at radius 2 is 2.12 bits per heavy atom. The lowest BCUT2D eigenvalue weighted by atomic mass is 10.0. The number of anilines is 1. The zero-order valence-corrected chi connectivity index (χ0v) is 14.3. The first-order chi connectivity index (χ1) is 11.5. The third-order valence-corrected chi connectivity index (χ3v) is 5.07. The van der Waals surface area contributed by atoms with E-state index in [4.69, 9.17) is 11.6 Å². The number of thioether (sulfide) groups is 1. The molecule has 1 amide bonds. The van der Waals surface area contributed by atoms with Gasteiger partial charge in [-0.2, -0.15) is 0 Å². The zero-order chi connectivity index (χ0) is 17.1. The molecule has 124 valence electrons. The first-order valence-electron chi connectivity index (χ1n) is 7.50. The second-order valence-corrected chi connectivity index (χ2v) is 6.95.